The maximum atomic E-state index is 13.8. The normalized spacial score (nSPS) is 12.2. The molecule has 2 rings (SSSR count). The van der Waals surface area contributed by atoms with Gasteiger partial charge in [-0.1, -0.05) is 38.8 Å². The third kappa shape index (κ3) is 4.28. The van der Waals surface area contributed by atoms with Crippen LogP contribution in [-0.4, -0.2) is 6.54 Å². The minimum absolute atomic E-state index is 0.109. The van der Waals surface area contributed by atoms with Crippen LogP contribution in [0.2, 0.25) is 0 Å². The van der Waals surface area contributed by atoms with Crippen LogP contribution in [0.25, 0.3) is 0 Å². The van der Waals surface area contributed by atoms with Crippen molar-refractivity contribution in [1.29, 1.82) is 0 Å². The van der Waals surface area contributed by atoms with Gasteiger partial charge in [-0.05, 0) is 49.9 Å². The summed E-state index contributed by atoms with van der Waals surface area (Å²) in [5, 5.41) is 3.34. The molecule has 2 aromatic carbocycles. The number of hydrogen-bond donors (Lipinski definition) is 1. The van der Waals surface area contributed by atoms with Gasteiger partial charge in [-0.2, -0.15) is 0 Å². The Bertz CT molecular complexity index is 634. The lowest BCUT2D eigenvalue weighted by molar-refractivity contribution is 0.429. The summed E-state index contributed by atoms with van der Waals surface area (Å²) in [7, 11) is 0. The van der Waals surface area contributed by atoms with E-state index in [1.54, 1.807) is 12.1 Å². The number of rotatable bonds is 5. The summed E-state index contributed by atoms with van der Waals surface area (Å²) in [4.78, 5) is 0. The van der Waals surface area contributed by atoms with Crippen molar-refractivity contribution in [3.05, 3.63) is 56.7 Å². The zero-order valence-corrected chi connectivity index (χ0v) is 15.0. The molecule has 0 aliphatic heterocycles. The minimum atomic E-state index is -0.386. The number of nitrogens with one attached hydrogen (secondary N) is 1. The molecular formula is C16H16Br2FNO. The van der Waals surface area contributed by atoms with E-state index in [-0.39, 0.29) is 17.6 Å². The molecule has 2 nitrogen and oxygen atoms in total. The highest BCUT2D eigenvalue weighted by Crippen LogP contribution is 2.34. The smallest absolute Gasteiger partial charge is 0.165 e. The van der Waals surface area contributed by atoms with Crippen LogP contribution < -0.4 is 10.1 Å². The summed E-state index contributed by atoms with van der Waals surface area (Å²) < 4.78 is 21.4. The van der Waals surface area contributed by atoms with Crippen LogP contribution in [-0.2, 0) is 0 Å². The van der Waals surface area contributed by atoms with E-state index in [1.165, 1.54) is 6.07 Å². The first-order chi connectivity index (χ1) is 10.0. The second kappa shape index (κ2) is 7.38. The number of halogens is 3. The van der Waals surface area contributed by atoms with Crippen LogP contribution in [0.5, 0.6) is 11.5 Å². The van der Waals surface area contributed by atoms with E-state index in [4.69, 9.17) is 4.74 Å². The fourth-order valence-electron chi connectivity index (χ4n) is 2.04. The second-order valence-electron chi connectivity index (χ2n) is 4.64. The molecule has 1 unspecified atom stereocenters. The van der Waals surface area contributed by atoms with Gasteiger partial charge in [0.25, 0.3) is 0 Å². The summed E-state index contributed by atoms with van der Waals surface area (Å²) in [6.07, 6.45) is 0. The van der Waals surface area contributed by atoms with Gasteiger partial charge in [0.05, 0.1) is 0 Å². The van der Waals surface area contributed by atoms with Gasteiger partial charge < -0.3 is 10.1 Å². The summed E-state index contributed by atoms with van der Waals surface area (Å²) in [5.74, 6) is 0.462. The molecular weight excluding hydrogens is 401 g/mol. The lowest BCUT2D eigenvalue weighted by Gasteiger charge is -2.18. The quantitative estimate of drug-likeness (QED) is 0.663. The molecule has 0 fully saturated rings. The average Bonchev–Trinajstić information content (AvgIpc) is 2.45. The van der Waals surface area contributed by atoms with Crippen LogP contribution in [0.4, 0.5) is 4.39 Å². The van der Waals surface area contributed by atoms with Crippen molar-refractivity contribution in [1.82, 2.24) is 5.32 Å². The Hall–Kier alpha value is -0.910. The van der Waals surface area contributed by atoms with E-state index in [9.17, 15) is 4.39 Å². The van der Waals surface area contributed by atoms with Crippen LogP contribution >= 0.6 is 31.9 Å². The molecule has 0 aliphatic rings. The minimum Gasteiger partial charge on any atom is -0.454 e. The van der Waals surface area contributed by atoms with Crippen LogP contribution in [0.1, 0.15) is 25.5 Å². The van der Waals surface area contributed by atoms with Gasteiger partial charge in [0.15, 0.2) is 11.6 Å². The molecule has 0 aromatic heterocycles. The SMILES string of the molecule is CCNC(C)c1cc(Br)ccc1Oc1cc(Br)ccc1F. The molecule has 1 atom stereocenters. The molecule has 0 aliphatic carbocycles. The van der Waals surface area contributed by atoms with E-state index in [0.29, 0.717) is 5.75 Å². The van der Waals surface area contributed by atoms with Crippen molar-refractivity contribution in [2.45, 2.75) is 19.9 Å². The Balaban J connectivity index is 2.37. The van der Waals surface area contributed by atoms with Crippen molar-refractivity contribution in [3.8, 4) is 11.5 Å². The molecule has 0 spiro atoms. The van der Waals surface area contributed by atoms with E-state index in [0.717, 1.165) is 21.1 Å². The van der Waals surface area contributed by atoms with E-state index in [1.807, 2.05) is 25.1 Å². The topological polar surface area (TPSA) is 21.3 Å². The van der Waals surface area contributed by atoms with Crippen molar-refractivity contribution in [2.75, 3.05) is 6.54 Å². The standard InChI is InChI=1S/C16H16Br2FNO/c1-3-20-10(2)13-8-11(17)5-7-15(13)21-16-9-12(18)4-6-14(16)19/h4-10,20H,3H2,1-2H3. The molecule has 5 heteroatoms. The summed E-state index contributed by atoms with van der Waals surface area (Å²) in [6, 6.07) is 10.5. The third-order valence-electron chi connectivity index (χ3n) is 3.06. The van der Waals surface area contributed by atoms with Crippen molar-refractivity contribution in [2.24, 2.45) is 0 Å². The highest BCUT2D eigenvalue weighted by atomic mass is 79.9. The Morgan fingerprint density at radius 2 is 1.76 bits per heavy atom. The van der Waals surface area contributed by atoms with Gasteiger partial charge in [-0.3, -0.25) is 0 Å². The fourth-order valence-corrected chi connectivity index (χ4v) is 2.76. The summed E-state index contributed by atoms with van der Waals surface area (Å²) >= 11 is 6.79. The molecule has 0 saturated heterocycles. The lowest BCUT2D eigenvalue weighted by atomic mass is 10.1. The highest BCUT2D eigenvalue weighted by molar-refractivity contribution is 9.10. The Morgan fingerprint density at radius 3 is 2.48 bits per heavy atom. The molecule has 21 heavy (non-hydrogen) atoms. The zero-order valence-electron chi connectivity index (χ0n) is 11.8. The van der Waals surface area contributed by atoms with Gasteiger partial charge in [0.2, 0.25) is 0 Å². The Labute approximate surface area is 141 Å². The lowest BCUT2D eigenvalue weighted by Crippen LogP contribution is -2.18. The first kappa shape index (κ1) is 16.5. The van der Waals surface area contributed by atoms with Gasteiger partial charge in [0.1, 0.15) is 5.75 Å². The average molecular weight is 417 g/mol. The molecule has 0 radical (unpaired) electrons. The fraction of sp³-hybridized carbons (Fsp3) is 0.250. The van der Waals surface area contributed by atoms with E-state index < -0.39 is 0 Å². The molecule has 1 N–H and O–H groups in total. The number of hydrogen-bond acceptors (Lipinski definition) is 2. The van der Waals surface area contributed by atoms with Crippen LogP contribution in [0, 0.1) is 5.82 Å². The second-order valence-corrected chi connectivity index (χ2v) is 6.47. The first-order valence-electron chi connectivity index (χ1n) is 6.67. The Morgan fingerprint density at radius 1 is 1.10 bits per heavy atom. The predicted octanol–water partition coefficient (Wildman–Crippen LogP) is 5.81. The molecule has 0 heterocycles. The maximum absolute atomic E-state index is 13.8. The van der Waals surface area contributed by atoms with Crippen LogP contribution in [0.3, 0.4) is 0 Å². The summed E-state index contributed by atoms with van der Waals surface area (Å²) in [6.45, 7) is 4.94. The van der Waals surface area contributed by atoms with Crippen LogP contribution in [0.15, 0.2) is 45.3 Å². The molecule has 0 bridgehead atoms. The molecule has 0 saturated carbocycles. The summed E-state index contributed by atoms with van der Waals surface area (Å²) in [5.41, 5.74) is 0.977. The van der Waals surface area contributed by atoms with Gasteiger partial charge in [0, 0.05) is 20.6 Å². The van der Waals surface area contributed by atoms with Crippen molar-refractivity contribution < 1.29 is 9.13 Å². The maximum Gasteiger partial charge on any atom is 0.165 e. The number of benzene rings is 2. The predicted molar refractivity (Wildman–Crippen MR) is 90.4 cm³/mol. The third-order valence-corrected chi connectivity index (χ3v) is 4.05. The van der Waals surface area contributed by atoms with Crippen molar-refractivity contribution >= 4 is 31.9 Å². The van der Waals surface area contributed by atoms with Gasteiger partial charge in [-0.15, -0.1) is 0 Å². The van der Waals surface area contributed by atoms with E-state index in [2.05, 4.69) is 44.1 Å². The Kier molecular flexibility index (Phi) is 5.79. The monoisotopic (exact) mass is 415 g/mol. The molecule has 112 valence electrons. The first-order valence-corrected chi connectivity index (χ1v) is 8.25. The number of ether oxygens (including phenoxy) is 1. The molecule has 2 aromatic rings. The zero-order chi connectivity index (χ0) is 15.4. The largest absolute Gasteiger partial charge is 0.454 e. The molecule has 0 amide bonds. The highest BCUT2D eigenvalue weighted by Gasteiger charge is 2.14. The van der Waals surface area contributed by atoms with Gasteiger partial charge >= 0.3 is 0 Å². The van der Waals surface area contributed by atoms with Crippen molar-refractivity contribution in [3.63, 3.8) is 0 Å². The van der Waals surface area contributed by atoms with Gasteiger partial charge in [-0.25, -0.2) is 4.39 Å². The van der Waals surface area contributed by atoms with E-state index >= 15 is 0 Å².